The van der Waals surface area contributed by atoms with E-state index in [4.69, 9.17) is 4.74 Å². The van der Waals surface area contributed by atoms with Crippen LogP contribution in [-0.4, -0.2) is 13.2 Å². The van der Waals surface area contributed by atoms with Crippen LogP contribution >= 0.6 is 0 Å². The van der Waals surface area contributed by atoms with E-state index in [2.05, 4.69) is 61.6 Å². The molecule has 0 aliphatic carbocycles. The van der Waals surface area contributed by atoms with E-state index in [1.807, 2.05) is 6.07 Å². The van der Waals surface area contributed by atoms with Crippen molar-refractivity contribution in [3.63, 3.8) is 0 Å². The molecule has 1 aliphatic rings. The van der Waals surface area contributed by atoms with E-state index in [0.29, 0.717) is 12.0 Å². The molecule has 2 nitrogen and oxygen atoms in total. The first-order valence-electron chi connectivity index (χ1n) is 7.82. The van der Waals surface area contributed by atoms with Crippen molar-refractivity contribution in [1.29, 1.82) is 0 Å². The highest BCUT2D eigenvalue weighted by Crippen LogP contribution is 2.41. The monoisotopic (exact) mass is 281 g/mol. The molecular weight excluding hydrogens is 258 g/mol. The fourth-order valence-corrected chi connectivity index (χ4v) is 3.17. The van der Waals surface area contributed by atoms with Crippen LogP contribution in [-0.2, 0) is 0 Å². The number of hydrogen-bond donors (Lipinski definition) is 1. The molecule has 2 unspecified atom stereocenters. The van der Waals surface area contributed by atoms with E-state index in [-0.39, 0.29) is 0 Å². The van der Waals surface area contributed by atoms with Crippen LogP contribution in [0.15, 0.2) is 48.5 Å². The van der Waals surface area contributed by atoms with E-state index < -0.39 is 0 Å². The zero-order valence-electron chi connectivity index (χ0n) is 12.8. The summed E-state index contributed by atoms with van der Waals surface area (Å²) < 4.78 is 5.89. The number of fused-ring (bicyclic) bond motifs is 1. The summed E-state index contributed by atoms with van der Waals surface area (Å²) in [6, 6.07) is 17.4. The number of ether oxygens (including phenoxy) is 1. The average Bonchev–Trinajstić information content (AvgIpc) is 2.93. The highest BCUT2D eigenvalue weighted by atomic mass is 16.5. The molecule has 1 aliphatic heterocycles. The fourth-order valence-electron chi connectivity index (χ4n) is 3.17. The summed E-state index contributed by atoms with van der Waals surface area (Å²) in [4.78, 5) is 0. The molecule has 2 aromatic rings. The quantitative estimate of drug-likeness (QED) is 0.886. The number of para-hydroxylation sites is 1. The minimum atomic E-state index is 0.315. The first kappa shape index (κ1) is 14.2. The van der Waals surface area contributed by atoms with Crippen LogP contribution < -0.4 is 10.1 Å². The zero-order chi connectivity index (χ0) is 14.7. The number of benzene rings is 2. The highest BCUT2D eigenvalue weighted by Gasteiger charge is 2.32. The van der Waals surface area contributed by atoms with Crippen LogP contribution in [0, 0.1) is 6.92 Å². The molecule has 0 spiro atoms. The Morgan fingerprint density at radius 1 is 1.14 bits per heavy atom. The number of nitrogens with one attached hydrogen (secondary N) is 1. The third kappa shape index (κ3) is 2.81. The summed E-state index contributed by atoms with van der Waals surface area (Å²) in [5.74, 6) is 1.42. The second-order valence-electron chi connectivity index (χ2n) is 5.74. The van der Waals surface area contributed by atoms with Crippen molar-refractivity contribution >= 4 is 0 Å². The lowest BCUT2D eigenvalue weighted by Crippen LogP contribution is -2.29. The molecule has 2 aromatic carbocycles. The first-order valence-corrected chi connectivity index (χ1v) is 7.82. The molecule has 0 fully saturated rings. The molecule has 1 N–H and O–H groups in total. The molecule has 2 heteroatoms. The van der Waals surface area contributed by atoms with Crippen LogP contribution in [0.3, 0.4) is 0 Å². The SMILES string of the molecule is CCCNC(c1ccccc1C)C1COc2ccccc21. The fraction of sp³-hybridized carbons (Fsp3) is 0.368. The summed E-state index contributed by atoms with van der Waals surface area (Å²) in [6.07, 6.45) is 1.14. The summed E-state index contributed by atoms with van der Waals surface area (Å²) in [5, 5.41) is 3.73. The largest absolute Gasteiger partial charge is 0.493 e. The molecule has 1 heterocycles. The van der Waals surface area contributed by atoms with Gasteiger partial charge in [0.1, 0.15) is 5.75 Å². The summed E-state index contributed by atoms with van der Waals surface area (Å²) in [5.41, 5.74) is 4.06. The molecule has 3 rings (SSSR count). The Bertz CT molecular complexity index is 608. The Morgan fingerprint density at radius 2 is 1.90 bits per heavy atom. The third-order valence-electron chi connectivity index (χ3n) is 4.28. The minimum absolute atomic E-state index is 0.315. The second kappa shape index (κ2) is 6.31. The van der Waals surface area contributed by atoms with Crippen LogP contribution in [0.2, 0.25) is 0 Å². The molecule has 0 radical (unpaired) electrons. The van der Waals surface area contributed by atoms with E-state index >= 15 is 0 Å². The highest BCUT2D eigenvalue weighted by molar-refractivity contribution is 5.43. The van der Waals surface area contributed by atoms with Crippen molar-refractivity contribution < 1.29 is 4.74 Å². The van der Waals surface area contributed by atoms with Crippen molar-refractivity contribution in [2.75, 3.05) is 13.2 Å². The van der Waals surface area contributed by atoms with Gasteiger partial charge >= 0.3 is 0 Å². The molecule has 110 valence electrons. The Kier molecular flexibility index (Phi) is 4.26. The van der Waals surface area contributed by atoms with Crippen molar-refractivity contribution in [3.8, 4) is 5.75 Å². The van der Waals surface area contributed by atoms with Crippen LogP contribution in [0.4, 0.5) is 0 Å². The lowest BCUT2D eigenvalue weighted by molar-refractivity contribution is 0.299. The molecule has 0 aromatic heterocycles. The van der Waals surface area contributed by atoms with Crippen molar-refractivity contribution in [2.45, 2.75) is 32.2 Å². The van der Waals surface area contributed by atoms with Crippen molar-refractivity contribution in [1.82, 2.24) is 5.32 Å². The Labute approximate surface area is 127 Å². The third-order valence-corrected chi connectivity index (χ3v) is 4.28. The van der Waals surface area contributed by atoms with E-state index in [0.717, 1.165) is 25.3 Å². The van der Waals surface area contributed by atoms with Gasteiger partial charge in [-0.15, -0.1) is 0 Å². The van der Waals surface area contributed by atoms with Crippen LogP contribution in [0.1, 0.15) is 42.0 Å². The predicted molar refractivity (Wildman–Crippen MR) is 86.9 cm³/mol. The summed E-state index contributed by atoms with van der Waals surface area (Å²) in [6.45, 7) is 6.19. The number of rotatable bonds is 5. The Balaban J connectivity index is 1.96. The van der Waals surface area contributed by atoms with Crippen molar-refractivity contribution in [2.24, 2.45) is 0 Å². The minimum Gasteiger partial charge on any atom is -0.493 e. The van der Waals surface area contributed by atoms with Gasteiger partial charge in [-0.2, -0.15) is 0 Å². The standard InChI is InChI=1S/C19H23NO/c1-3-12-20-19(15-9-5-4-8-14(15)2)17-13-21-18-11-7-6-10-16(17)18/h4-11,17,19-20H,3,12-13H2,1-2H3. The maximum atomic E-state index is 5.89. The van der Waals surface area contributed by atoms with Gasteiger partial charge in [0.15, 0.2) is 0 Å². The molecule has 2 atom stereocenters. The molecule has 0 bridgehead atoms. The van der Waals surface area contributed by atoms with Crippen LogP contribution in [0.5, 0.6) is 5.75 Å². The van der Waals surface area contributed by atoms with Gasteiger partial charge in [-0.3, -0.25) is 0 Å². The maximum Gasteiger partial charge on any atom is 0.122 e. The normalized spacial score (nSPS) is 18.1. The van der Waals surface area contributed by atoms with Crippen molar-refractivity contribution in [3.05, 3.63) is 65.2 Å². The lowest BCUT2D eigenvalue weighted by atomic mass is 9.86. The molecule has 0 amide bonds. The molecule has 0 saturated heterocycles. The molecular formula is C19H23NO. The van der Waals surface area contributed by atoms with Gasteiger partial charge < -0.3 is 10.1 Å². The van der Waals surface area contributed by atoms with Gasteiger partial charge in [-0.1, -0.05) is 49.4 Å². The lowest BCUT2D eigenvalue weighted by Gasteiger charge is -2.26. The average molecular weight is 281 g/mol. The van der Waals surface area contributed by atoms with Gasteiger partial charge in [0, 0.05) is 17.5 Å². The van der Waals surface area contributed by atoms with Crippen LogP contribution in [0.25, 0.3) is 0 Å². The Hall–Kier alpha value is -1.80. The maximum absolute atomic E-state index is 5.89. The second-order valence-corrected chi connectivity index (χ2v) is 5.74. The van der Waals surface area contributed by atoms with Gasteiger partial charge in [-0.05, 0) is 37.1 Å². The molecule has 21 heavy (non-hydrogen) atoms. The predicted octanol–water partition coefficient (Wildman–Crippen LogP) is 4.21. The molecule has 0 saturated carbocycles. The number of hydrogen-bond acceptors (Lipinski definition) is 2. The summed E-state index contributed by atoms with van der Waals surface area (Å²) in [7, 11) is 0. The van der Waals surface area contributed by atoms with E-state index in [1.165, 1.54) is 16.7 Å². The van der Waals surface area contributed by atoms with Gasteiger partial charge in [0.05, 0.1) is 6.61 Å². The van der Waals surface area contributed by atoms with Gasteiger partial charge in [0.2, 0.25) is 0 Å². The zero-order valence-corrected chi connectivity index (χ0v) is 12.8. The topological polar surface area (TPSA) is 21.3 Å². The Morgan fingerprint density at radius 3 is 2.71 bits per heavy atom. The van der Waals surface area contributed by atoms with Gasteiger partial charge in [-0.25, -0.2) is 0 Å². The van der Waals surface area contributed by atoms with E-state index in [1.54, 1.807) is 0 Å². The number of aryl methyl sites for hydroxylation is 1. The summed E-state index contributed by atoms with van der Waals surface area (Å²) >= 11 is 0. The smallest absolute Gasteiger partial charge is 0.122 e. The first-order chi connectivity index (χ1) is 10.3. The van der Waals surface area contributed by atoms with E-state index in [9.17, 15) is 0 Å². The van der Waals surface area contributed by atoms with Gasteiger partial charge in [0.25, 0.3) is 0 Å².